The van der Waals surface area contributed by atoms with Gasteiger partial charge in [-0.3, -0.25) is 0 Å². The minimum atomic E-state index is 0. The first kappa shape index (κ1) is 27.1. The van der Waals surface area contributed by atoms with Gasteiger partial charge in [-0.05, 0) is 0 Å². The highest BCUT2D eigenvalue weighted by atomic mass is 127. The van der Waals surface area contributed by atoms with Gasteiger partial charge in [-0.2, -0.15) is 0 Å². The van der Waals surface area contributed by atoms with Crippen molar-refractivity contribution in [3.63, 3.8) is 0 Å². The van der Waals surface area contributed by atoms with Crippen LogP contribution in [0, 0.1) is 17.8 Å². The largest absolute Gasteiger partial charge is 1.00 e. The van der Waals surface area contributed by atoms with Crippen molar-refractivity contribution < 1.29 is 85.4 Å². The number of likely N-dealkylation sites (tertiary alicyclic amines) is 3. The van der Waals surface area contributed by atoms with Crippen LogP contribution in [0.2, 0.25) is 0 Å². The Balaban J connectivity index is 0.00000121. The van der Waals surface area contributed by atoms with E-state index in [2.05, 4.69) is 21.1 Å². The molecule has 0 N–H and O–H groups in total. The van der Waals surface area contributed by atoms with Crippen LogP contribution in [0.15, 0.2) is 0 Å². The van der Waals surface area contributed by atoms with Crippen molar-refractivity contribution in [2.75, 3.05) is 80.0 Å². The molecule has 0 atom stereocenters. The van der Waals surface area contributed by atoms with Gasteiger partial charge in [-0.25, -0.2) is 0 Å². The second kappa shape index (κ2) is 10.6. The summed E-state index contributed by atoms with van der Waals surface area (Å²) in [4.78, 5) is 0. The van der Waals surface area contributed by atoms with Crippen LogP contribution in [0.25, 0.3) is 0 Å². The average Bonchev–Trinajstić information content (AvgIpc) is 3.02. The second-order valence-electron chi connectivity index (χ2n) is 10.9. The quantitative estimate of drug-likeness (QED) is 0.190. The number of halogens is 3. The van der Waals surface area contributed by atoms with Crippen molar-refractivity contribution in [2.45, 2.75) is 38.5 Å². The molecule has 162 valence electrons. The van der Waals surface area contributed by atoms with Crippen LogP contribution in [0.1, 0.15) is 38.5 Å². The summed E-state index contributed by atoms with van der Waals surface area (Å²) in [5, 5.41) is 0. The lowest BCUT2D eigenvalue weighted by molar-refractivity contribution is -0.904. The Bertz CT molecular complexity index is 383. The minimum absolute atomic E-state index is 0. The smallest absolute Gasteiger partial charge is 0.0823 e. The van der Waals surface area contributed by atoms with Gasteiger partial charge in [0.15, 0.2) is 0 Å². The van der Waals surface area contributed by atoms with E-state index in [1.807, 2.05) is 0 Å². The van der Waals surface area contributed by atoms with Crippen molar-refractivity contribution >= 4 is 0 Å². The molecule has 4 fully saturated rings. The zero-order chi connectivity index (χ0) is 16.8. The zero-order valence-corrected chi connectivity index (χ0v) is 24.3. The van der Waals surface area contributed by atoms with Crippen LogP contribution in [0.4, 0.5) is 0 Å². The van der Waals surface area contributed by atoms with Gasteiger partial charge < -0.3 is 85.4 Å². The molecule has 0 unspecified atom stereocenters. The lowest BCUT2D eigenvalue weighted by atomic mass is 10.2. The van der Waals surface area contributed by atoms with E-state index in [0.29, 0.717) is 0 Å². The van der Waals surface area contributed by atoms with E-state index in [9.17, 15) is 0 Å². The van der Waals surface area contributed by atoms with Gasteiger partial charge in [-0.1, -0.05) is 0 Å². The number of nitrogens with zero attached hydrogens (tertiary/aromatic N) is 3. The fourth-order valence-corrected chi connectivity index (χ4v) is 6.71. The summed E-state index contributed by atoms with van der Waals surface area (Å²) in [5.41, 5.74) is 0. The van der Waals surface area contributed by atoms with E-state index >= 15 is 0 Å². The third-order valence-corrected chi connectivity index (χ3v) is 8.40. The summed E-state index contributed by atoms with van der Waals surface area (Å²) in [6.07, 6.45) is 8.83. The molecule has 4 rings (SSSR count). The topological polar surface area (TPSA) is 0 Å². The van der Waals surface area contributed by atoms with Crippen LogP contribution in [-0.2, 0) is 0 Å². The maximum Gasteiger partial charge on any atom is 0.0823 e. The van der Waals surface area contributed by atoms with Crippen molar-refractivity contribution in [3.8, 4) is 0 Å². The molecule has 1 saturated carbocycles. The molecule has 3 nitrogen and oxygen atoms in total. The van der Waals surface area contributed by atoms with E-state index in [1.54, 1.807) is 0 Å². The second-order valence-corrected chi connectivity index (χ2v) is 10.9. The monoisotopic (exact) mass is 717 g/mol. The Morgan fingerprint density at radius 3 is 0.815 bits per heavy atom. The van der Waals surface area contributed by atoms with E-state index in [4.69, 9.17) is 0 Å². The summed E-state index contributed by atoms with van der Waals surface area (Å²) in [6, 6.07) is 0. The third kappa shape index (κ3) is 6.53. The molecule has 0 amide bonds. The molecule has 0 spiro atoms. The third-order valence-electron chi connectivity index (χ3n) is 8.40. The molecule has 0 bridgehead atoms. The Hall–Kier alpha value is 2.07. The fourth-order valence-electron chi connectivity index (χ4n) is 6.71. The molecule has 1 aliphatic carbocycles. The summed E-state index contributed by atoms with van der Waals surface area (Å²) >= 11 is 0. The minimum Gasteiger partial charge on any atom is -1.00 e. The van der Waals surface area contributed by atoms with Gasteiger partial charge in [0.05, 0.1) is 80.0 Å². The Morgan fingerprint density at radius 2 is 0.630 bits per heavy atom. The molecule has 27 heavy (non-hydrogen) atoms. The maximum absolute atomic E-state index is 2.55. The summed E-state index contributed by atoms with van der Waals surface area (Å²) < 4.78 is 4.18. The van der Waals surface area contributed by atoms with Gasteiger partial charge in [0.25, 0.3) is 0 Å². The average molecular weight is 717 g/mol. The first-order valence-electron chi connectivity index (χ1n) is 10.9. The van der Waals surface area contributed by atoms with Gasteiger partial charge in [0.2, 0.25) is 0 Å². The highest BCUT2D eigenvalue weighted by Gasteiger charge is 2.59. The molecule has 0 aromatic carbocycles. The van der Waals surface area contributed by atoms with E-state index in [0.717, 1.165) is 17.8 Å². The molecular weight excluding hydrogens is 675 g/mol. The normalized spacial score (nSPS) is 35.0. The lowest BCUT2D eigenvalue weighted by Gasteiger charge is -2.31. The first-order chi connectivity index (χ1) is 11.4. The van der Waals surface area contributed by atoms with E-state index in [1.165, 1.54) is 111 Å². The molecule has 6 heteroatoms. The molecule has 3 aliphatic heterocycles. The van der Waals surface area contributed by atoms with Crippen molar-refractivity contribution in [2.24, 2.45) is 17.8 Å². The summed E-state index contributed by atoms with van der Waals surface area (Å²) in [6.45, 7) is 13.2. The first-order valence-corrected chi connectivity index (χ1v) is 10.9. The molecule has 4 aliphatic rings. The van der Waals surface area contributed by atoms with Gasteiger partial charge in [-0.15, -0.1) is 0 Å². The van der Waals surface area contributed by atoms with E-state index < -0.39 is 0 Å². The van der Waals surface area contributed by atoms with Crippen molar-refractivity contribution in [1.82, 2.24) is 0 Å². The predicted octanol–water partition coefficient (Wildman–Crippen LogP) is -6.42. The highest BCUT2D eigenvalue weighted by Crippen LogP contribution is 2.51. The fraction of sp³-hybridized carbons (Fsp3) is 1.00. The lowest BCUT2D eigenvalue weighted by Crippen LogP contribution is -3.00. The number of hydrogen-bond donors (Lipinski definition) is 0. The molecular formula is C21H42I3N3. The number of hydrogen-bond acceptors (Lipinski definition) is 0. The van der Waals surface area contributed by atoms with Crippen LogP contribution < -0.4 is 71.9 Å². The Kier molecular flexibility index (Phi) is 10.6. The van der Waals surface area contributed by atoms with E-state index in [-0.39, 0.29) is 71.9 Å². The van der Waals surface area contributed by atoms with Crippen LogP contribution in [0.3, 0.4) is 0 Å². The maximum atomic E-state index is 2.55. The van der Waals surface area contributed by atoms with Crippen molar-refractivity contribution in [1.29, 1.82) is 0 Å². The van der Waals surface area contributed by atoms with Gasteiger partial charge in [0.1, 0.15) is 0 Å². The molecule has 0 aromatic heterocycles. The zero-order valence-electron chi connectivity index (χ0n) is 17.8. The molecule has 0 radical (unpaired) electrons. The summed E-state index contributed by atoms with van der Waals surface area (Å²) in [5.74, 6) is 3.12. The summed E-state index contributed by atoms with van der Waals surface area (Å²) in [7, 11) is 7.66. The standard InChI is InChI=1S/C21H42N3.3HI/c1-22(10-4-5-11-22)16-19-20(17-23(2)12-6-7-13-23)21(19)18-24(3)14-8-9-15-24;;;/h19-21H,4-18H2,1-3H3;3*1H/q+3;;;/p-3. The van der Waals surface area contributed by atoms with Crippen LogP contribution >= 0.6 is 0 Å². The number of rotatable bonds is 6. The van der Waals surface area contributed by atoms with Crippen molar-refractivity contribution in [3.05, 3.63) is 0 Å². The molecule has 3 heterocycles. The Labute approximate surface area is 219 Å². The Morgan fingerprint density at radius 1 is 0.444 bits per heavy atom. The highest BCUT2D eigenvalue weighted by molar-refractivity contribution is 4.97. The molecule has 3 saturated heterocycles. The SMILES string of the molecule is C[N+]1(CC2C(C[N+]3(C)CCCC3)C2C[N+]2(C)CCCC2)CCCC1.[I-].[I-].[I-]. The number of quaternary nitrogens is 3. The van der Waals surface area contributed by atoms with Crippen LogP contribution in [0.5, 0.6) is 0 Å². The molecule has 0 aromatic rings. The van der Waals surface area contributed by atoms with Crippen LogP contribution in [-0.4, -0.2) is 93.5 Å². The van der Waals surface area contributed by atoms with Gasteiger partial charge >= 0.3 is 0 Å². The predicted molar refractivity (Wildman–Crippen MR) is 101 cm³/mol. The van der Waals surface area contributed by atoms with Gasteiger partial charge in [0, 0.05) is 56.3 Å².